The summed E-state index contributed by atoms with van der Waals surface area (Å²) in [5.41, 5.74) is 3.52. The molecule has 0 aromatic heterocycles. The quantitative estimate of drug-likeness (QED) is 0.504. The molecule has 2 aromatic carbocycles. The van der Waals surface area contributed by atoms with Crippen molar-refractivity contribution in [2.45, 2.75) is 18.8 Å². The molecule has 1 unspecified atom stereocenters. The Morgan fingerprint density at radius 3 is 2.34 bits per heavy atom. The predicted molar refractivity (Wildman–Crippen MR) is 110 cm³/mol. The number of hydrogen-bond acceptors (Lipinski definition) is 6. The minimum Gasteiger partial charge on any atom is -0.494 e. The molecule has 0 saturated carbocycles. The fourth-order valence-electron chi connectivity index (χ4n) is 3.78. The van der Waals surface area contributed by atoms with Crippen LogP contribution < -0.4 is 9.64 Å². The Morgan fingerprint density at radius 1 is 1.03 bits per heavy atom. The van der Waals surface area contributed by atoms with Crippen LogP contribution in [0, 0.1) is 5.92 Å². The molecule has 3 rings (SSSR count). The first kappa shape index (κ1) is 20.7. The highest BCUT2D eigenvalue weighted by molar-refractivity contribution is 5.95. The molecule has 1 atom stereocenters. The van der Waals surface area contributed by atoms with Crippen molar-refractivity contribution < 1.29 is 23.8 Å². The van der Waals surface area contributed by atoms with Crippen molar-refractivity contribution in [1.82, 2.24) is 0 Å². The van der Waals surface area contributed by atoms with E-state index in [-0.39, 0.29) is 6.42 Å². The topological polar surface area (TPSA) is 65.1 Å². The van der Waals surface area contributed by atoms with Crippen LogP contribution in [0.2, 0.25) is 0 Å². The maximum absolute atomic E-state index is 11.8. The minimum atomic E-state index is -0.962. The van der Waals surface area contributed by atoms with Crippen molar-refractivity contribution in [3.05, 3.63) is 59.7 Å². The molecule has 0 aliphatic carbocycles. The normalized spacial score (nSPS) is 15.2. The third-order valence-electron chi connectivity index (χ3n) is 5.35. The Bertz CT molecular complexity index is 833. The van der Waals surface area contributed by atoms with Gasteiger partial charge in [0.25, 0.3) is 0 Å². The summed E-state index contributed by atoms with van der Waals surface area (Å²) < 4.78 is 15.3. The molecule has 29 heavy (non-hydrogen) atoms. The molecular weight excluding hydrogens is 370 g/mol. The Hall–Kier alpha value is -3.02. The Kier molecular flexibility index (Phi) is 6.75. The highest BCUT2D eigenvalue weighted by Gasteiger charge is 2.29. The number of esters is 2. The van der Waals surface area contributed by atoms with E-state index in [0.29, 0.717) is 12.5 Å². The SMILES string of the molecule is COC(=O)C(Cc1ccc(OCCC2CN(C)c3ccccc32)cc1)C(=O)OC. The lowest BCUT2D eigenvalue weighted by Crippen LogP contribution is -2.28. The number of fused-ring (bicyclic) bond motifs is 1. The van der Waals surface area contributed by atoms with Gasteiger partial charge in [0.2, 0.25) is 0 Å². The summed E-state index contributed by atoms with van der Waals surface area (Å²) in [5.74, 6) is -0.924. The zero-order chi connectivity index (χ0) is 20.8. The second-order valence-corrected chi connectivity index (χ2v) is 7.22. The second kappa shape index (κ2) is 9.45. The van der Waals surface area contributed by atoms with Crippen LogP contribution in [0.15, 0.2) is 48.5 Å². The van der Waals surface area contributed by atoms with E-state index >= 15 is 0 Å². The lowest BCUT2D eigenvalue weighted by molar-refractivity contribution is -0.158. The number of nitrogens with zero attached hydrogens (tertiary/aromatic N) is 1. The van der Waals surface area contributed by atoms with Gasteiger partial charge in [0, 0.05) is 25.2 Å². The van der Waals surface area contributed by atoms with E-state index in [1.165, 1.54) is 25.5 Å². The third-order valence-corrected chi connectivity index (χ3v) is 5.35. The highest BCUT2D eigenvalue weighted by atomic mass is 16.5. The Labute approximate surface area is 171 Å². The first-order valence-electron chi connectivity index (χ1n) is 9.71. The maximum atomic E-state index is 11.8. The van der Waals surface area contributed by atoms with Crippen LogP contribution in [0.4, 0.5) is 5.69 Å². The number of likely N-dealkylation sites (N-methyl/N-ethyl adjacent to an activating group) is 1. The Balaban J connectivity index is 1.53. The molecule has 6 heteroatoms. The number of methoxy groups -OCH3 is 2. The first-order chi connectivity index (χ1) is 14.0. The van der Waals surface area contributed by atoms with Gasteiger partial charge in [-0.3, -0.25) is 9.59 Å². The lowest BCUT2D eigenvalue weighted by Gasteiger charge is -2.14. The molecule has 0 saturated heterocycles. The van der Waals surface area contributed by atoms with Crippen molar-refractivity contribution in [2.75, 3.05) is 39.3 Å². The average Bonchev–Trinajstić information content (AvgIpc) is 3.08. The van der Waals surface area contributed by atoms with Gasteiger partial charge >= 0.3 is 11.9 Å². The summed E-state index contributed by atoms with van der Waals surface area (Å²) in [6, 6.07) is 15.9. The molecule has 0 fully saturated rings. The molecule has 1 aliphatic heterocycles. The first-order valence-corrected chi connectivity index (χ1v) is 9.71. The summed E-state index contributed by atoms with van der Waals surface area (Å²) >= 11 is 0. The lowest BCUT2D eigenvalue weighted by atomic mass is 9.98. The van der Waals surface area contributed by atoms with E-state index in [1.807, 2.05) is 24.3 Å². The van der Waals surface area contributed by atoms with Crippen LogP contribution in [0.5, 0.6) is 5.75 Å². The van der Waals surface area contributed by atoms with E-state index in [0.717, 1.165) is 24.3 Å². The summed E-state index contributed by atoms with van der Waals surface area (Å²) in [7, 11) is 4.64. The molecule has 154 valence electrons. The van der Waals surface area contributed by atoms with Gasteiger partial charge in [-0.2, -0.15) is 0 Å². The largest absolute Gasteiger partial charge is 0.494 e. The van der Waals surface area contributed by atoms with Gasteiger partial charge in [-0.25, -0.2) is 0 Å². The number of anilines is 1. The molecule has 0 radical (unpaired) electrons. The summed E-state index contributed by atoms with van der Waals surface area (Å²) in [5, 5.41) is 0. The van der Waals surface area contributed by atoms with Gasteiger partial charge in [-0.15, -0.1) is 0 Å². The molecule has 0 bridgehead atoms. The molecule has 6 nitrogen and oxygen atoms in total. The number of carbonyl (C=O) groups is 2. The molecule has 1 aliphatic rings. The van der Waals surface area contributed by atoms with Crippen molar-refractivity contribution >= 4 is 17.6 Å². The predicted octanol–water partition coefficient (Wildman–Crippen LogP) is 3.19. The zero-order valence-electron chi connectivity index (χ0n) is 17.1. The van der Waals surface area contributed by atoms with Gasteiger partial charge in [0.1, 0.15) is 5.75 Å². The number of carbonyl (C=O) groups excluding carboxylic acids is 2. The van der Waals surface area contributed by atoms with E-state index in [4.69, 9.17) is 14.2 Å². The van der Waals surface area contributed by atoms with Crippen molar-refractivity contribution in [3.8, 4) is 5.75 Å². The minimum absolute atomic E-state index is 0.227. The standard InChI is InChI=1S/C23H27NO5/c1-24-15-17(19-6-4-5-7-21(19)24)12-13-29-18-10-8-16(9-11-18)14-20(22(25)27-2)23(26)28-3/h4-11,17,20H,12-15H2,1-3H3. The zero-order valence-corrected chi connectivity index (χ0v) is 17.1. The number of benzene rings is 2. The fourth-order valence-corrected chi connectivity index (χ4v) is 3.78. The van der Waals surface area contributed by atoms with Gasteiger partial charge < -0.3 is 19.1 Å². The van der Waals surface area contributed by atoms with Crippen LogP contribution in [0.1, 0.15) is 23.5 Å². The maximum Gasteiger partial charge on any atom is 0.320 e. The molecule has 0 N–H and O–H groups in total. The van der Waals surface area contributed by atoms with Crippen LogP contribution in [0.25, 0.3) is 0 Å². The van der Waals surface area contributed by atoms with E-state index < -0.39 is 17.9 Å². The molecule has 1 heterocycles. The number of rotatable bonds is 8. The van der Waals surface area contributed by atoms with Crippen molar-refractivity contribution in [2.24, 2.45) is 5.92 Å². The highest BCUT2D eigenvalue weighted by Crippen LogP contribution is 2.36. The number of ether oxygens (including phenoxy) is 3. The smallest absolute Gasteiger partial charge is 0.320 e. The third kappa shape index (κ3) is 4.88. The van der Waals surface area contributed by atoms with E-state index in [2.05, 4.69) is 36.2 Å². The number of para-hydroxylation sites is 1. The summed E-state index contributed by atoms with van der Waals surface area (Å²) in [6.45, 7) is 1.63. The van der Waals surface area contributed by atoms with Crippen LogP contribution in [-0.2, 0) is 25.5 Å². The fraction of sp³-hybridized carbons (Fsp3) is 0.391. The van der Waals surface area contributed by atoms with Gasteiger partial charge in [-0.05, 0) is 42.2 Å². The van der Waals surface area contributed by atoms with Gasteiger partial charge in [-0.1, -0.05) is 30.3 Å². The average molecular weight is 397 g/mol. The Morgan fingerprint density at radius 2 is 1.69 bits per heavy atom. The van der Waals surface area contributed by atoms with Gasteiger partial charge in [0.05, 0.1) is 20.8 Å². The van der Waals surface area contributed by atoms with Crippen LogP contribution in [0.3, 0.4) is 0 Å². The van der Waals surface area contributed by atoms with Crippen LogP contribution in [-0.4, -0.2) is 46.4 Å². The van der Waals surface area contributed by atoms with Crippen LogP contribution >= 0.6 is 0 Å². The van der Waals surface area contributed by atoms with Gasteiger partial charge in [0.15, 0.2) is 5.92 Å². The number of hydrogen-bond donors (Lipinski definition) is 0. The summed E-state index contributed by atoms with van der Waals surface area (Å²) in [6.07, 6.45) is 1.17. The second-order valence-electron chi connectivity index (χ2n) is 7.22. The van der Waals surface area contributed by atoms with Crippen molar-refractivity contribution in [3.63, 3.8) is 0 Å². The van der Waals surface area contributed by atoms with Crippen molar-refractivity contribution in [1.29, 1.82) is 0 Å². The molecule has 2 aromatic rings. The monoisotopic (exact) mass is 397 g/mol. The summed E-state index contributed by atoms with van der Waals surface area (Å²) in [4.78, 5) is 25.9. The molecular formula is C23H27NO5. The molecule has 0 spiro atoms. The van der Waals surface area contributed by atoms with E-state index in [1.54, 1.807) is 0 Å². The van der Waals surface area contributed by atoms with E-state index in [9.17, 15) is 9.59 Å². The molecule has 0 amide bonds.